The Balaban J connectivity index is 1.49. The lowest BCUT2D eigenvalue weighted by atomic mass is 10.0. The lowest BCUT2D eigenvalue weighted by Gasteiger charge is -2.24. The molecule has 0 bridgehead atoms. The summed E-state index contributed by atoms with van der Waals surface area (Å²) in [4.78, 5) is 2.67. The fourth-order valence-electron chi connectivity index (χ4n) is 2.81. The predicted molar refractivity (Wildman–Crippen MR) is 87.6 cm³/mol. The third kappa shape index (κ3) is 4.57. The summed E-state index contributed by atoms with van der Waals surface area (Å²) in [6.45, 7) is 3.77. The van der Waals surface area contributed by atoms with E-state index in [2.05, 4.69) is 45.1 Å². The van der Waals surface area contributed by atoms with Gasteiger partial charge >= 0.3 is 0 Å². The summed E-state index contributed by atoms with van der Waals surface area (Å²) in [7, 11) is 0. The first-order valence-electron chi connectivity index (χ1n) is 7.94. The molecule has 2 saturated carbocycles. The van der Waals surface area contributed by atoms with Crippen LogP contribution in [0.15, 0.2) is 28.7 Å². The molecule has 3 rings (SSSR count). The van der Waals surface area contributed by atoms with Crippen LogP contribution in [0.25, 0.3) is 0 Å². The third-order valence-electron chi connectivity index (χ3n) is 4.46. The summed E-state index contributed by atoms with van der Waals surface area (Å²) in [5.41, 5.74) is 7.60. The lowest BCUT2D eigenvalue weighted by Crippen LogP contribution is -2.31. The summed E-state index contributed by atoms with van der Waals surface area (Å²) >= 11 is 3.53. The predicted octanol–water partition coefficient (Wildman–Crippen LogP) is 3.96. The molecule has 0 aromatic heterocycles. The van der Waals surface area contributed by atoms with Crippen LogP contribution in [0.2, 0.25) is 0 Å². The monoisotopic (exact) mass is 336 g/mol. The number of benzene rings is 1. The van der Waals surface area contributed by atoms with Crippen molar-refractivity contribution in [1.82, 2.24) is 4.90 Å². The molecule has 20 heavy (non-hydrogen) atoms. The molecule has 2 nitrogen and oxygen atoms in total. The Bertz CT molecular complexity index is 426. The fourth-order valence-corrected chi connectivity index (χ4v) is 3.23. The highest BCUT2D eigenvalue weighted by atomic mass is 79.9. The van der Waals surface area contributed by atoms with E-state index in [1.165, 1.54) is 44.3 Å². The SMILES string of the molecule is NC(CCN(CC1CC1)CC1CC1)c1cccc(Br)c1. The molecule has 1 atom stereocenters. The van der Waals surface area contributed by atoms with Gasteiger partial charge in [-0.05, 0) is 68.2 Å². The molecule has 2 aliphatic rings. The molecule has 0 amide bonds. The van der Waals surface area contributed by atoms with E-state index in [4.69, 9.17) is 5.73 Å². The van der Waals surface area contributed by atoms with Crippen LogP contribution in [0, 0.1) is 11.8 Å². The zero-order valence-corrected chi connectivity index (χ0v) is 13.7. The Labute approximate surface area is 130 Å². The van der Waals surface area contributed by atoms with Gasteiger partial charge in [0, 0.05) is 23.6 Å². The van der Waals surface area contributed by atoms with E-state index in [0.717, 1.165) is 29.3 Å². The Hall–Kier alpha value is -0.380. The molecule has 0 heterocycles. The summed E-state index contributed by atoms with van der Waals surface area (Å²) in [5.74, 6) is 1.96. The van der Waals surface area contributed by atoms with Gasteiger partial charge in [0.15, 0.2) is 0 Å². The molecule has 1 aromatic rings. The van der Waals surface area contributed by atoms with E-state index in [1.54, 1.807) is 0 Å². The van der Waals surface area contributed by atoms with Crippen molar-refractivity contribution < 1.29 is 0 Å². The molecule has 1 unspecified atom stereocenters. The Morgan fingerprint density at radius 1 is 1.15 bits per heavy atom. The van der Waals surface area contributed by atoms with Crippen molar-refractivity contribution in [3.05, 3.63) is 34.3 Å². The van der Waals surface area contributed by atoms with Crippen molar-refractivity contribution in [3.8, 4) is 0 Å². The van der Waals surface area contributed by atoms with Gasteiger partial charge in [-0.15, -0.1) is 0 Å². The maximum atomic E-state index is 6.36. The first-order valence-corrected chi connectivity index (χ1v) is 8.73. The highest BCUT2D eigenvalue weighted by molar-refractivity contribution is 9.10. The molecule has 1 aromatic carbocycles. The van der Waals surface area contributed by atoms with Gasteiger partial charge in [-0.2, -0.15) is 0 Å². The highest BCUT2D eigenvalue weighted by Crippen LogP contribution is 2.34. The zero-order valence-electron chi connectivity index (χ0n) is 12.1. The minimum atomic E-state index is 0.161. The topological polar surface area (TPSA) is 29.3 Å². The zero-order chi connectivity index (χ0) is 13.9. The largest absolute Gasteiger partial charge is 0.324 e. The first-order chi connectivity index (χ1) is 9.70. The second-order valence-corrected chi connectivity index (χ2v) is 7.51. The van der Waals surface area contributed by atoms with Crippen molar-refractivity contribution in [2.24, 2.45) is 17.6 Å². The van der Waals surface area contributed by atoms with Crippen LogP contribution in [0.5, 0.6) is 0 Å². The quantitative estimate of drug-likeness (QED) is 0.778. The van der Waals surface area contributed by atoms with Crippen LogP contribution in [0.1, 0.15) is 43.7 Å². The van der Waals surface area contributed by atoms with E-state index in [1.807, 2.05) is 0 Å². The fraction of sp³-hybridized carbons (Fsp3) is 0.647. The molecule has 2 N–H and O–H groups in total. The molecule has 0 aliphatic heterocycles. The van der Waals surface area contributed by atoms with Gasteiger partial charge in [0.05, 0.1) is 0 Å². The second kappa shape index (κ2) is 6.59. The molecule has 2 aliphatic carbocycles. The molecule has 0 spiro atoms. The van der Waals surface area contributed by atoms with E-state index in [0.29, 0.717) is 0 Å². The molecular weight excluding hydrogens is 312 g/mol. The van der Waals surface area contributed by atoms with Gasteiger partial charge in [0.25, 0.3) is 0 Å². The number of nitrogens with zero attached hydrogens (tertiary/aromatic N) is 1. The van der Waals surface area contributed by atoms with Gasteiger partial charge in [0.2, 0.25) is 0 Å². The van der Waals surface area contributed by atoms with Gasteiger partial charge in [0.1, 0.15) is 0 Å². The first kappa shape index (κ1) is 14.6. The minimum absolute atomic E-state index is 0.161. The molecule has 110 valence electrons. The molecule has 3 heteroatoms. The van der Waals surface area contributed by atoms with E-state index >= 15 is 0 Å². The lowest BCUT2D eigenvalue weighted by molar-refractivity contribution is 0.243. The maximum Gasteiger partial charge on any atom is 0.0307 e. The van der Waals surface area contributed by atoms with E-state index in [-0.39, 0.29) is 6.04 Å². The molecule has 0 radical (unpaired) electrons. The van der Waals surface area contributed by atoms with Gasteiger partial charge in [-0.1, -0.05) is 28.1 Å². The number of rotatable bonds is 8. The van der Waals surface area contributed by atoms with Crippen LogP contribution >= 0.6 is 15.9 Å². The maximum absolute atomic E-state index is 6.36. The van der Waals surface area contributed by atoms with Crippen molar-refractivity contribution >= 4 is 15.9 Å². The van der Waals surface area contributed by atoms with E-state index < -0.39 is 0 Å². The smallest absolute Gasteiger partial charge is 0.0307 e. The van der Waals surface area contributed by atoms with Crippen LogP contribution < -0.4 is 5.73 Å². The minimum Gasteiger partial charge on any atom is -0.324 e. The standard InChI is InChI=1S/C17H25BrN2/c18-16-3-1-2-15(10-16)17(19)8-9-20(11-13-4-5-13)12-14-6-7-14/h1-3,10,13-14,17H,4-9,11-12,19H2. The van der Waals surface area contributed by atoms with Crippen LogP contribution in [0.3, 0.4) is 0 Å². The second-order valence-electron chi connectivity index (χ2n) is 6.60. The van der Waals surface area contributed by atoms with Crippen LogP contribution in [-0.4, -0.2) is 24.5 Å². The third-order valence-corrected chi connectivity index (χ3v) is 4.95. The van der Waals surface area contributed by atoms with Crippen molar-refractivity contribution in [2.45, 2.75) is 38.1 Å². The number of hydrogen-bond donors (Lipinski definition) is 1. The number of halogens is 1. The molecular formula is C17H25BrN2. The Morgan fingerprint density at radius 3 is 2.35 bits per heavy atom. The van der Waals surface area contributed by atoms with Crippen LogP contribution in [0.4, 0.5) is 0 Å². The van der Waals surface area contributed by atoms with Gasteiger partial charge < -0.3 is 10.6 Å². The van der Waals surface area contributed by atoms with Gasteiger partial charge in [-0.3, -0.25) is 0 Å². The highest BCUT2D eigenvalue weighted by Gasteiger charge is 2.29. The summed E-state index contributed by atoms with van der Waals surface area (Å²) in [6.07, 6.45) is 6.84. The molecule has 2 fully saturated rings. The Kier molecular flexibility index (Phi) is 4.79. The summed E-state index contributed by atoms with van der Waals surface area (Å²) in [6, 6.07) is 8.58. The molecule has 0 saturated heterocycles. The average Bonchev–Trinajstić information content (AvgIpc) is 3.31. The Morgan fingerprint density at radius 2 is 1.80 bits per heavy atom. The van der Waals surface area contributed by atoms with Gasteiger partial charge in [-0.25, -0.2) is 0 Å². The number of nitrogens with two attached hydrogens (primary N) is 1. The van der Waals surface area contributed by atoms with Crippen LogP contribution in [-0.2, 0) is 0 Å². The normalized spacial score (nSPS) is 20.4. The average molecular weight is 337 g/mol. The van der Waals surface area contributed by atoms with Crippen molar-refractivity contribution in [1.29, 1.82) is 0 Å². The van der Waals surface area contributed by atoms with Crippen molar-refractivity contribution in [3.63, 3.8) is 0 Å². The summed E-state index contributed by atoms with van der Waals surface area (Å²) < 4.78 is 1.12. The number of hydrogen-bond acceptors (Lipinski definition) is 2. The van der Waals surface area contributed by atoms with Crippen molar-refractivity contribution in [2.75, 3.05) is 19.6 Å². The summed E-state index contributed by atoms with van der Waals surface area (Å²) in [5, 5.41) is 0. The van der Waals surface area contributed by atoms with E-state index in [9.17, 15) is 0 Å².